The van der Waals surface area contributed by atoms with Crippen molar-refractivity contribution in [2.24, 2.45) is 7.05 Å². The zero-order valence-electron chi connectivity index (χ0n) is 31.3. The topological polar surface area (TPSA) is 170 Å². The molecule has 310 valence electrons. The van der Waals surface area contributed by atoms with E-state index in [-0.39, 0.29) is 73.2 Å². The number of anilines is 1. The van der Waals surface area contributed by atoms with E-state index in [4.69, 9.17) is 16.3 Å². The van der Waals surface area contributed by atoms with Crippen LogP contribution in [-0.4, -0.2) is 56.8 Å². The van der Waals surface area contributed by atoms with Crippen LogP contribution < -0.4 is 20.3 Å². The van der Waals surface area contributed by atoms with Crippen molar-refractivity contribution in [1.29, 1.82) is 0 Å². The minimum Gasteiger partial charge on any atom is -0.497 e. The lowest BCUT2D eigenvalue weighted by Crippen LogP contribution is -2.35. The summed E-state index contributed by atoms with van der Waals surface area (Å²) in [5.41, 5.74) is -1.28. The number of hydrogen-bond donors (Lipinski definition) is 3. The highest BCUT2D eigenvalue weighted by Crippen LogP contribution is 2.36. The van der Waals surface area contributed by atoms with Gasteiger partial charge in [-0.1, -0.05) is 35.9 Å². The third-order valence-electron chi connectivity index (χ3n) is 9.43. The van der Waals surface area contributed by atoms with E-state index in [1.165, 1.54) is 55.2 Å². The van der Waals surface area contributed by atoms with Gasteiger partial charge in [-0.25, -0.2) is 32.0 Å². The van der Waals surface area contributed by atoms with Gasteiger partial charge in [-0.2, -0.15) is 18.3 Å². The zero-order valence-corrected chi connectivity index (χ0v) is 32.8. The molecule has 0 unspecified atom stereocenters. The summed E-state index contributed by atoms with van der Waals surface area (Å²) in [6, 6.07) is 17.9. The van der Waals surface area contributed by atoms with Gasteiger partial charge in [0.05, 0.1) is 57.1 Å². The molecule has 0 fully saturated rings. The number of ether oxygens (including phenoxy) is 1. The Morgan fingerprint density at radius 1 is 0.950 bits per heavy atom. The van der Waals surface area contributed by atoms with Gasteiger partial charge in [0, 0.05) is 25.1 Å². The Bertz CT molecular complexity index is 2960. The summed E-state index contributed by atoms with van der Waals surface area (Å²) in [6.45, 7) is 0. The molecule has 0 bridgehead atoms. The smallest absolute Gasteiger partial charge is 0.433 e. The predicted octanol–water partition coefficient (Wildman–Crippen LogP) is 7.83. The Labute approximate surface area is 342 Å². The van der Waals surface area contributed by atoms with Gasteiger partial charge in [0.2, 0.25) is 10.0 Å². The third-order valence-corrected chi connectivity index (χ3v) is 11.0. The second kappa shape index (κ2) is 16.2. The summed E-state index contributed by atoms with van der Waals surface area (Å²) in [6.07, 6.45) is -6.68. The molecule has 4 aromatic carbocycles. The number of carboxylic acid groups (broad SMARTS) is 1. The lowest BCUT2D eigenvalue weighted by Gasteiger charge is -2.23. The van der Waals surface area contributed by atoms with Crippen LogP contribution in [-0.2, 0) is 36.1 Å². The van der Waals surface area contributed by atoms with Crippen LogP contribution in [0.2, 0.25) is 5.02 Å². The number of rotatable bonds is 12. The summed E-state index contributed by atoms with van der Waals surface area (Å²) in [5.74, 6) is -2.19. The van der Waals surface area contributed by atoms with E-state index in [1.807, 2.05) is 0 Å². The molecule has 20 heteroatoms. The molecule has 7 rings (SSSR count). The first-order valence-electron chi connectivity index (χ1n) is 17.8. The number of alkyl halides is 3. The molecule has 3 aromatic heterocycles. The van der Waals surface area contributed by atoms with Crippen LogP contribution in [0, 0.1) is 11.6 Å². The van der Waals surface area contributed by atoms with Crippen molar-refractivity contribution in [2.75, 3.05) is 17.6 Å². The Morgan fingerprint density at radius 2 is 1.67 bits per heavy atom. The fraction of sp³-hybridized carbons (Fsp3) is 0.175. The number of aromatic nitrogens is 5. The highest BCUT2D eigenvalue weighted by Gasteiger charge is 2.33. The number of halogens is 6. The number of carbonyl (C=O) groups is 1. The molecule has 1 atom stereocenters. The van der Waals surface area contributed by atoms with E-state index >= 15 is 0 Å². The second-order valence-electron chi connectivity index (χ2n) is 13.5. The normalized spacial score (nSPS) is 12.5. The van der Waals surface area contributed by atoms with Crippen LogP contribution in [0.3, 0.4) is 0 Å². The molecule has 60 heavy (non-hydrogen) atoms. The maximum atomic E-state index is 14.8. The summed E-state index contributed by atoms with van der Waals surface area (Å²) < 4.78 is 106. The minimum absolute atomic E-state index is 0.00582. The Morgan fingerprint density at radius 3 is 2.33 bits per heavy atom. The predicted molar refractivity (Wildman–Crippen MR) is 213 cm³/mol. The number of nitrogens with zero attached hydrogens (tertiary/aromatic N) is 5. The molecule has 3 heterocycles. The van der Waals surface area contributed by atoms with Crippen molar-refractivity contribution in [3.63, 3.8) is 0 Å². The number of amides is 1. The molecular weight excluding hydrogens is 837 g/mol. The number of nitrogens with one attached hydrogen (secondary N) is 2. The Hall–Kier alpha value is -6.60. The SMILES string of the molecule is COc1ccc(CCS(=O)(=O)Nc2nn(C)c3c(-n4c([C@H](Cc5cc(F)cc(F)c5)NC(=O)O)nc5cc(-c6cccc(C(F)(F)F)n6)ccc5c4=O)ccc(Cl)c23)cc1. The summed E-state index contributed by atoms with van der Waals surface area (Å²) in [5, 5.41) is 16.6. The molecule has 0 saturated carbocycles. The first-order valence-corrected chi connectivity index (χ1v) is 19.8. The quantitative estimate of drug-likeness (QED) is 0.104. The van der Waals surface area contributed by atoms with Crippen LogP contribution in [0.15, 0.2) is 95.8 Å². The molecule has 7 aromatic rings. The van der Waals surface area contributed by atoms with Gasteiger partial charge >= 0.3 is 12.3 Å². The van der Waals surface area contributed by atoms with Crippen LogP contribution in [0.4, 0.5) is 32.6 Å². The van der Waals surface area contributed by atoms with Gasteiger partial charge in [0.15, 0.2) is 5.82 Å². The standard InChI is InChI=1S/C40H31ClF5N7O6S/c1-52-35-32(13-12-28(41)34(35)36(50-52)51-60(57,58)15-14-21-6-9-26(59-2)10-7-21)53-37(31(49-39(55)56)18-22-16-24(42)20-25(43)17-22)48-30-19-23(8-11-27(30)38(53)54)29-4-3-5-33(47-29)40(44,45)46/h3-13,16-17,19-20,31,49H,14-15,18H2,1-2H3,(H,50,51)(H,55,56)/t31-/m0/s1. The molecule has 0 aliphatic carbocycles. The van der Waals surface area contributed by atoms with Gasteiger partial charge in [-0.15, -0.1) is 0 Å². The number of hydrogen-bond acceptors (Lipinski definition) is 8. The van der Waals surface area contributed by atoms with Crippen molar-refractivity contribution in [2.45, 2.75) is 25.1 Å². The molecule has 1 amide bonds. The van der Waals surface area contributed by atoms with E-state index in [2.05, 4.69) is 25.1 Å². The van der Waals surface area contributed by atoms with Gasteiger partial charge < -0.3 is 15.2 Å². The first kappa shape index (κ1) is 41.6. The number of fused-ring (bicyclic) bond motifs is 2. The summed E-state index contributed by atoms with van der Waals surface area (Å²) in [4.78, 5) is 35.4. The molecule has 0 spiro atoms. The van der Waals surface area contributed by atoms with E-state index in [0.717, 1.165) is 28.8 Å². The summed E-state index contributed by atoms with van der Waals surface area (Å²) in [7, 11) is -1.12. The van der Waals surface area contributed by atoms with Crippen molar-refractivity contribution in [3.05, 3.63) is 141 Å². The van der Waals surface area contributed by atoms with E-state index in [9.17, 15) is 45.1 Å². The maximum Gasteiger partial charge on any atom is 0.433 e. The largest absolute Gasteiger partial charge is 0.497 e. The van der Waals surface area contributed by atoms with Crippen molar-refractivity contribution < 1.29 is 45.0 Å². The van der Waals surface area contributed by atoms with Crippen molar-refractivity contribution in [3.8, 4) is 22.7 Å². The minimum atomic E-state index is -4.76. The van der Waals surface area contributed by atoms with Gasteiger partial charge in [0.1, 0.15) is 28.9 Å². The zero-order chi connectivity index (χ0) is 43.1. The van der Waals surface area contributed by atoms with E-state index in [1.54, 1.807) is 24.3 Å². The Kier molecular flexibility index (Phi) is 11.2. The van der Waals surface area contributed by atoms with Gasteiger partial charge in [0.25, 0.3) is 5.56 Å². The van der Waals surface area contributed by atoms with Gasteiger partial charge in [-0.3, -0.25) is 18.8 Å². The Balaban J connectivity index is 1.40. The van der Waals surface area contributed by atoms with Crippen molar-refractivity contribution in [1.82, 2.24) is 29.6 Å². The highest BCUT2D eigenvalue weighted by molar-refractivity contribution is 7.92. The molecular formula is C40H31ClF5N7O6S. The summed E-state index contributed by atoms with van der Waals surface area (Å²) >= 11 is 6.68. The molecule has 3 N–H and O–H groups in total. The number of benzene rings is 4. The molecule has 13 nitrogen and oxygen atoms in total. The van der Waals surface area contributed by atoms with Gasteiger partial charge in [-0.05, 0) is 78.2 Å². The fourth-order valence-electron chi connectivity index (χ4n) is 6.76. The first-order chi connectivity index (χ1) is 28.4. The van der Waals surface area contributed by atoms with E-state index < -0.39 is 57.6 Å². The highest BCUT2D eigenvalue weighted by atomic mass is 35.5. The third kappa shape index (κ3) is 8.71. The van der Waals surface area contributed by atoms with Crippen molar-refractivity contribution >= 4 is 55.3 Å². The van der Waals surface area contributed by atoms with E-state index in [0.29, 0.717) is 17.4 Å². The lowest BCUT2D eigenvalue weighted by molar-refractivity contribution is -0.141. The number of sulfonamides is 1. The van der Waals surface area contributed by atoms with Crippen LogP contribution >= 0.6 is 11.6 Å². The number of aryl methyl sites for hydroxylation is 2. The number of pyridine rings is 1. The molecule has 0 saturated heterocycles. The van der Waals surface area contributed by atoms with Crippen LogP contribution in [0.25, 0.3) is 38.8 Å². The fourth-order valence-corrected chi connectivity index (χ4v) is 8.04. The second-order valence-corrected chi connectivity index (χ2v) is 15.8. The molecule has 0 aliphatic rings. The molecule has 0 radical (unpaired) electrons. The van der Waals surface area contributed by atoms with Crippen LogP contribution in [0.1, 0.15) is 28.7 Å². The average molecular weight is 868 g/mol. The maximum absolute atomic E-state index is 14.8. The molecule has 0 aliphatic heterocycles. The lowest BCUT2D eigenvalue weighted by atomic mass is 10.0. The number of methoxy groups -OCH3 is 1. The van der Waals surface area contributed by atoms with Crippen LogP contribution in [0.5, 0.6) is 5.75 Å². The average Bonchev–Trinajstić information content (AvgIpc) is 3.51. The monoisotopic (exact) mass is 867 g/mol.